The van der Waals surface area contributed by atoms with Crippen molar-refractivity contribution in [1.82, 2.24) is 5.32 Å². The first-order chi connectivity index (χ1) is 10.0. The third-order valence-corrected chi connectivity index (χ3v) is 4.41. The van der Waals surface area contributed by atoms with Crippen LogP contribution in [0.4, 0.5) is 0 Å². The molecule has 0 heterocycles. The van der Waals surface area contributed by atoms with E-state index in [-0.39, 0.29) is 0 Å². The Kier molecular flexibility index (Phi) is 5.24. The number of nitrogens with one attached hydrogen (secondary N) is 1. The second-order valence-corrected chi connectivity index (χ2v) is 6.57. The SMILES string of the molecule is CC(C)C(CNCc1c(O)ccc2ccccc12)C(C)C. The number of aromatic hydroxyl groups is 1. The first-order valence-corrected chi connectivity index (χ1v) is 7.91. The van der Waals surface area contributed by atoms with E-state index in [0.717, 1.165) is 17.5 Å². The topological polar surface area (TPSA) is 32.3 Å². The van der Waals surface area contributed by atoms with Gasteiger partial charge in [-0.3, -0.25) is 0 Å². The summed E-state index contributed by atoms with van der Waals surface area (Å²) in [5.41, 5.74) is 0.999. The fourth-order valence-corrected chi connectivity index (χ4v) is 3.12. The third-order valence-electron chi connectivity index (χ3n) is 4.41. The Hall–Kier alpha value is -1.54. The summed E-state index contributed by atoms with van der Waals surface area (Å²) in [5, 5.41) is 16.0. The summed E-state index contributed by atoms with van der Waals surface area (Å²) in [6.07, 6.45) is 0. The predicted octanol–water partition coefficient (Wildman–Crippen LogP) is 4.56. The van der Waals surface area contributed by atoms with Gasteiger partial charge in [-0.15, -0.1) is 0 Å². The molecule has 0 aromatic heterocycles. The molecule has 114 valence electrons. The van der Waals surface area contributed by atoms with Crippen LogP contribution in [0.5, 0.6) is 5.75 Å². The van der Waals surface area contributed by atoms with Gasteiger partial charge in [0.05, 0.1) is 0 Å². The highest BCUT2D eigenvalue weighted by atomic mass is 16.3. The van der Waals surface area contributed by atoms with E-state index in [4.69, 9.17) is 0 Å². The number of fused-ring (bicyclic) bond motifs is 1. The Morgan fingerprint density at radius 2 is 1.62 bits per heavy atom. The van der Waals surface area contributed by atoms with Crippen LogP contribution in [-0.2, 0) is 6.54 Å². The second-order valence-electron chi connectivity index (χ2n) is 6.57. The number of phenolic OH excluding ortho intramolecular Hbond substituents is 1. The lowest BCUT2D eigenvalue weighted by atomic mass is 9.85. The van der Waals surface area contributed by atoms with Crippen LogP contribution in [0.15, 0.2) is 36.4 Å². The number of rotatable bonds is 6. The largest absolute Gasteiger partial charge is 0.508 e. The molecule has 0 aliphatic carbocycles. The van der Waals surface area contributed by atoms with Gasteiger partial charge in [-0.25, -0.2) is 0 Å². The molecular weight excluding hydrogens is 258 g/mol. The number of hydrogen-bond donors (Lipinski definition) is 2. The highest BCUT2D eigenvalue weighted by molar-refractivity contribution is 5.87. The van der Waals surface area contributed by atoms with Gasteiger partial charge in [0.15, 0.2) is 0 Å². The van der Waals surface area contributed by atoms with Crippen molar-refractivity contribution in [2.75, 3.05) is 6.54 Å². The van der Waals surface area contributed by atoms with Crippen molar-refractivity contribution in [2.45, 2.75) is 34.2 Å². The Morgan fingerprint density at radius 3 is 2.29 bits per heavy atom. The molecule has 0 saturated carbocycles. The summed E-state index contributed by atoms with van der Waals surface area (Å²) in [6, 6.07) is 12.0. The van der Waals surface area contributed by atoms with Crippen molar-refractivity contribution in [3.05, 3.63) is 42.0 Å². The molecule has 2 aromatic rings. The summed E-state index contributed by atoms with van der Waals surface area (Å²) < 4.78 is 0. The van der Waals surface area contributed by atoms with Crippen LogP contribution in [0.1, 0.15) is 33.3 Å². The van der Waals surface area contributed by atoms with Gasteiger partial charge >= 0.3 is 0 Å². The second kappa shape index (κ2) is 6.95. The molecule has 0 amide bonds. The van der Waals surface area contributed by atoms with Gasteiger partial charge in [0.25, 0.3) is 0 Å². The molecule has 0 fully saturated rings. The molecule has 0 atom stereocenters. The van der Waals surface area contributed by atoms with Gasteiger partial charge in [0.2, 0.25) is 0 Å². The molecule has 2 N–H and O–H groups in total. The lowest BCUT2D eigenvalue weighted by molar-refractivity contribution is 0.275. The molecule has 0 spiro atoms. The zero-order chi connectivity index (χ0) is 15.4. The number of hydrogen-bond acceptors (Lipinski definition) is 2. The minimum atomic E-state index is 0.381. The Bertz CT molecular complexity index is 581. The summed E-state index contributed by atoms with van der Waals surface area (Å²) in [5.74, 6) is 2.37. The summed E-state index contributed by atoms with van der Waals surface area (Å²) >= 11 is 0. The van der Waals surface area contributed by atoms with Crippen molar-refractivity contribution in [2.24, 2.45) is 17.8 Å². The van der Waals surface area contributed by atoms with E-state index < -0.39 is 0 Å². The van der Waals surface area contributed by atoms with Gasteiger partial charge in [-0.1, -0.05) is 58.0 Å². The van der Waals surface area contributed by atoms with Crippen LogP contribution in [0.25, 0.3) is 10.8 Å². The quantitative estimate of drug-likeness (QED) is 0.815. The first kappa shape index (κ1) is 15.8. The van der Waals surface area contributed by atoms with Crippen LogP contribution < -0.4 is 5.32 Å². The van der Waals surface area contributed by atoms with Crippen molar-refractivity contribution in [3.8, 4) is 5.75 Å². The third kappa shape index (κ3) is 3.76. The Morgan fingerprint density at radius 1 is 0.952 bits per heavy atom. The molecule has 2 heteroatoms. The van der Waals surface area contributed by atoms with E-state index in [2.05, 4.69) is 45.1 Å². The van der Waals surface area contributed by atoms with E-state index in [1.165, 1.54) is 5.39 Å². The van der Waals surface area contributed by atoms with E-state index in [1.54, 1.807) is 6.07 Å². The summed E-state index contributed by atoms with van der Waals surface area (Å²) in [6.45, 7) is 10.8. The predicted molar refractivity (Wildman–Crippen MR) is 90.5 cm³/mol. The van der Waals surface area contributed by atoms with Gasteiger partial charge in [0.1, 0.15) is 5.75 Å². The Labute approximate surface area is 128 Å². The molecule has 0 aliphatic rings. The fraction of sp³-hybridized carbons (Fsp3) is 0.474. The summed E-state index contributed by atoms with van der Waals surface area (Å²) in [4.78, 5) is 0. The molecule has 0 saturated heterocycles. The monoisotopic (exact) mass is 285 g/mol. The fourth-order valence-electron chi connectivity index (χ4n) is 3.12. The molecule has 0 aliphatic heterocycles. The van der Waals surface area contributed by atoms with Gasteiger partial charge < -0.3 is 10.4 Å². The summed E-state index contributed by atoms with van der Waals surface area (Å²) in [7, 11) is 0. The molecule has 2 aromatic carbocycles. The molecule has 21 heavy (non-hydrogen) atoms. The molecule has 0 radical (unpaired) electrons. The van der Waals surface area contributed by atoms with Gasteiger partial charge in [-0.05, 0) is 41.1 Å². The molecule has 0 bridgehead atoms. The van der Waals surface area contributed by atoms with Crippen LogP contribution in [0.3, 0.4) is 0 Å². The Balaban J connectivity index is 2.12. The zero-order valence-corrected chi connectivity index (χ0v) is 13.6. The van der Waals surface area contributed by atoms with E-state index >= 15 is 0 Å². The van der Waals surface area contributed by atoms with E-state index in [1.807, 2.05) is 18.2 Å². The smallest absolute Gasteiger partial charge is 0.120 e. The van der Waals surface area contributed by atoms with Crippen LogP contribution >= 0.6 is 0 Å². The lowest BCUT2D eigenvalue weighted by Crippen LogP contribution is -2.29. The average molecular weight is 285 g/mol. The minimum absolute atomic E-state index is 0.381. The maximum Gasteiger partial charge on any atom is 0.120 e. The minimum Gasteiger partial charge on any atom is -0.508 e. The van der Waals surface area contributed by atoms with Crippen LogP contribution in [0, 0.1) is 17.8 Å². The number of phenols is 1. The average Bonchev–Trinajstić information content (AvgIpc) is 2.44. The first-order valence-electron chi connectivity index (χ1n) is 7.91. The maximum atomic E-state index is 10.2. The molecule has 2 nitrogen and oxygen atoms in total. The zero-order valence-electron chi connectivity index (χ0n) is 13.6. The van der Waals surface area contributed by atoms with E-state index in [0.29, 0.717) is 30.0 Å². The highest BCUT2D eigenvalue weighted by Gasteiger charge is 2.17. The van der Waals surface area contributed by atoms with Crippen molar-refractivity contribution >= 4 is 10.8 Å². The molecule has 0 unspecified atom stereocenters. The lowest BCUT2D eigenvalue weighted by Gasteiger charge is -2.25. The van der Waals surface area contributed by atoms with E-state index in [9.17, 15) is 5.11 Å². The van der Waals surface area contributed by atoms with Gasteiger partial charge in [-0.2, -0.15) is 0 Å². The number of benzene rings is 2. The highest BCUT2D eigenvalue weighted by Crippen LogP contribution is 2.27. The molecule has 2 rings (SSSR count). The maximum absolute atomic E-state index is 10.2. The van der Waals surface area contributed by atoms with Crippen LogP contribution in [-0.4, -0.2) is 11.7 Å². The van der Waals surface area contributed by atoms with Crippen molar-refractivity contribution in [1.29, 1.82) is 0 Å². The standard InChI is InChI=1S/C19H27NO/c1-13(2)17(14(3)4)11-20-12-18-16-8-6-5-7-15(16)9-10-19(18)21/h5-10,13-14,17,20-21H,11-12H2,1-4H3. The van der Waals surface area contributed by atoms with Crippen molar-refractivity contribution < 1.29 is 5.11 Å². The van der Waals surface area contributed by atoms with Crippen LogP contribution in [0.2, 0.25) is 0 Å². The molecular formula is C19H27NO. The normalized spacial score (nSPS) is 12.0. The van der Waals surface area contributed by atoms with Gasteiger partial charge in [0, 0.05) is 12.1 Å². The van der Waals surface area contributed by atoms with Crippen molar-refractivity contribution in [3.63, 3.8) is 0 Å².